The van der Waals surface area contributed by atoms with Crippen molar-refractivity contribution in [1.82, 2.24) is 19.9 Å². The number of aryl methyl sites for hydroxylation is 2. The second-order valence-electron chi connectivity index (χ2n) is 6.59. The van der Waals surface area contributed by atoms with Gasteiger partial charge in [0.15, 0.2) is 5.82 Å². The number of unbranched alkanes of at least 4 members (excludes halogenated alkanes) is 2. The summed E-state index contributed by atoms with van der Waals surface area (Å²) in [6.45, 7) is 4.35. The molecule has 0 spiro atoms. The first kappa shape index (κ1) is 18.2. The first-order valence-electron chi connectivity index (χ1n) is 9.52. The highest BCUT2D eigenvalue weighted by Gasteiger charge is 2.04. The summed E-state index contributed by atoms with van der Waals surface area (Å²) in [7, 11) is 0. The Labute approximate surface area is 155 Å². The van der Waals surface area contributed by atoms with E-state index in [2.05, 4.69) is 58.0 Å². The van der Waals surface area contributed by atoms with Gasteiger partial charge in [0.2, 0.25) is 0 Å². The number of rotatable bonds is 8. The van der Waals surface area contributed by atoms with Crippen LogP contribution in [0.15, 0.2) is 49.1 Å². The van der Waals surface area contributed by atoms with Crippen molar-refractivity contribution in [3.63, 3.8) is 0 Å². The Kier molecular flexibility index (Phi) is 6.42. The van der Waals surface area contributed by atoms with Crippen molar-refractivity contribution in [2.24, 2.45) is 0 Å². The second kappa shape index (κ2) is 9.18. The Morgan fingerprint density at radius 2 is 1.27 bits per heavy atom. The fourth-order valence-electron chi connectivity index (χ4n) is 2.88. The van der Waals surface area contributed by atoms with Gasteiger partial charge in [0.05, 0.1) is 0 Å². The SMILES string of the molecule is CCCCCc1cnc(-c2ccc(-c3cnc(CCC)nc3)cc2)nc1. The zero-order valence-electron chi connectivity index (χ0n) is 15.7. The molecule has 4 nitrogen and oxygen atoms in total. The van der Waals surface area contributed by atoms with Crippen molar-refractivity contribution in [2.45, 2.75) is 52.4 Å². The molecule has 134 valence electrons. The van der Waals surface area contributed by atoms with E-state index in [9.17, 15) is 0 Å². The van der Waals surface area contributed by atoms with Gasteiger partial charge in [-0.25, -0.2) is 19.9 Å². The van der Waals surface area contributed by atoms with Crippen LogP contribution in [0, 0.1) is 0 Å². The van der Waals surface area contributed by atoms with Crippen LogP contribution in [0.2, 0.25) is 0 Å². The number of hydrogen-bond donors (Lipinski definition) is 0. The average Bonchev–Trinajstić information content (AvgIpc) is 2.70. The van der Waals surface area contributed by atoms with Crippen molar-refractivity contribution < 1.29 is 0 Å². The van der Waals surface area contributed by atoms with Gasteiger partial charge in [0, 0.05) is 42.3 Å². The van der Waals surface area contributed by atoms with Crippen LogP contribution in [0.5, 0.6) is 0 Å². The summed E-state index contributed by atoms with van der Waals surface area (Å²) in [5.41, 5.74) is 4.37. The summed E-state index contributed by atoms with van der Waals surface area (Å²) in [5.74, 6) is 1.67. The molecule has 26 heavy (non-hydrogen) atoms. The minimum Gasteiger partial charge on any atom is -0.241 e. The highest BCUT2D eigenvalue weighted by molar-refractivity contribution is 5.66. The molecule has 2 heterocycles. The molecule has 0 atom stereocenters. The van der Waals surface area contributed by atoms with E-state index in [1.165, 1.54) is 24.8 Å². The maximum atomic E-state index is 4.53. The molecule has 0 unspecified atom stereocenters. The Morgan fingerprint density at radius 3 is 1.88 bits per heavy atom. The molecule has 0 aliphatic heterocycles. The van der Waals surface area contributed by atoms with Crippen LogP contribution < -0.4 is 0 Å². The molecular weight excluding hydrogens is 320 g/mol. The van der Waals surface area contributed by atoms with Crippen molar-refractivity contribution in [1.29, 1.82) is 0 Å². The highest BCUT2D eigenvalue weighted by atomic mass is 14.9. The third-order valence-electron chi connectivity index (χ3n) is 4.43. The van der Waals surface area contributed by atoms with Gasteiger partial charge in [-0.2, -0.15) is 0 Å². The van der Waals surface area contributed by atoms with E-state index in [-0.39, 0.29) is 0 Å². The fraction of sp³-hybridized carbons (Fsp3) is 0.364. The Hall–Kier alpha value is -2.62. The summed E-state index contributed by atoms with van der Waals surface area (Å²) in [6.07, 6.45) is 14.4. The smallest absolute Gasteiger partial charge is 0.159 e. The maximum Gasteiger partial charge on any atom is 0.159 e. The molecule has 2 aromatic heterocycles. The summed E-state index contributed by atoms with van der Waals surface area (Å²) < 4.78 is 0. The van der Waals surface area contributed by atoms with Crippen LogP contribution in [-0.4, -0.2) is 19.9 Å². The Morgan fingerprint density at radius 1 is 0.615 bits per heavy atom. The van der Waals surface area contributed by atoms with Crippen molar-refractivity contribution >= 4 is 0 Å². The lowest BCUT2D eigenvalue weighted by Gasteiger charge is -2.05. The van der Waals surface area contributed by atoms with Crippen LogP contribution in [0.25, 0.3) is 22.5 Å². The van der Waals surface area contributed by atoms with Gasteiger partial charge in [-0.05, 0) is 30.4 Å². The lowest BCUT2D eigenvalue weighted by Crippen LogP contribution is -1.94. The van der Waals surface area contributed by atoms with Crippen LogP contribution in [0.1, 0.15) is 50.9 Å². The van der Waals surface area contributed by atoms with Crippen LogP contribution in [-0.2, 0) is 12.8 Å². The van der Waals surface area contributed by atoms with E-state index in [0.29, 0.717) is 0 Å². The van der Waals surface area contributed by atoms with Crippen LogP contribution in [0.3, 0.4) is 0 Å². The zero-order valence-corrected chi connectivity index (χ0v) is 15.7. The molecule has 0 fully saturated rings. The predicted molar refractivity (Wildman–Crippen MR) is 106 cm³/mol. The first-order valence-corrected chi connectivity index (χ1v) is 9.52. The molecule has 3 rings (SSSR count). The number of hydrogen-bond acceptors (Lipinski definition) is 4. The zero-order chi connectivity index (χ0) is 18.2. The predicted octanol–water partition coefficient (Wildman–Crippen LogP) is 5.29. The van der Waals surface area contributed by atoms with Gasteiger partial charge in [-0.3, -0.25) is 0 Å². The van der Waals surface area contributed by atoms with Gasteiger partial charge in [-0.1, -0.05) is 51.0 Å². The van der Waals surface area contributed by atoms with Crippen molar-refractivity contribution in [3.05, 3.63) is 60.4 Å². The van der Waals surface area contributed by atoms with E-state index < -0.39 is 0 Å². The minimum atomic E-state index is 0.769. The third-order valence-corrected chi connectivity index (χ3v) is 4.43. The first-order chi connectivity index (χ1) is 12.8. The Bertz CT molecular complexity index is 793. The Balaban J connectivity index is 1.68. The topological polar surface area (TPSA) is 51.6 Å². The standard InChI is InChI=1S/C22H26N4/c1-3-5-6-8-17-13-25-22(26-14-17)19-11-9-18(10-12-19)20-15-23-21(7-4-2)24-16-20/h9-16H,3-8H2,1-2H3. The molecular formula is C22H26N4. The molecule has 0 amide bonds. The number of nitrogens with zero attached hydrogens (tertiary/aromatic N) is 4. The largest absolute Gasteiger partial charge is 0.241 e. The number of aromatic nitrogens is 4. The van der Waals surface area contributed by atoms with Crippen molar-refractivity contribution in [2.75, 3.05) is 0 Å². The molecule has 0 aliphatic carbocycles. The molecule has 0 saturated heterocycles. The van der Waals surface area contributed by atoms with Gasteiger partial charge in [0.25, 0.3) is 0 Å². The lowest BCUT2D eigenvalue weighted by atomic mass is 10.1. The summed E-state index contributed by atoms with van der Waals surface area (Å²) >= 11 is 0. The van der Waals surface area contributed by atoms with E-state index in [1.54, 1.807) is 0 Å². The van der Waals surface area contributed by atoms with Gasteiger partial charge in [-0.15, -0.1) is 0 Å². The highest BCUT2D eigenvalue weighted by Crippen LogP contribution is 2.22. The van der Waals surface area contributed by atoms with Crippen LogP contribution >= 0.6 is 0 Å². The molecule has 0 radical (unpaired) electrons. The average molecular weight is 346 g/mol. The minimum absolute atomic E-state index is 0.769. The molecule has 1 aromatic carbocycles. The molecule has 3 aromatic rings. The summed E-state index contributed by atoms with van der Waals surface area (Å²) in [5, 5.41) is 0. The van der Waals surface area contributed by atoms with E-state index >= 15 is 0 Å². The fourth-order valence-corrected chi connectivity index (χ4v) is 2.88. The quantitative estimate of drug-likeness (QED) is 0.520. The second-order valence-corrected chi connectivity index (χ2v) is 6.59. The molecule has 0 N–H and O–H groups in total. The third kappa shape index (κ3) is 4.72. The summed E-state index contributed by atoms with van der Waals surface area (Å²) in [4.78, 5) is 17.9. The van der Waals surface area contributed by atoms with Crippen molar-refractivity contribution in [3.8, 4) is 22.5 Å². The van der Waals surface area contributed by atoms with Crippen LogP contribution in [0.4, 0.5) is 0 Å². The number of benzene rings is 1. The normalized spacial score (nSPS) is 10.8. The molecule has 4 heteroatoms. The molecule has 0 bridgehead atoms. The lowest BCUT2D eigenvalue weighted by molar-refractivity contribution is 0.714. The maximum absolute atomic E-state index is 4.53. The molecule has 0 aliphatic rings. The monoisotopic (exact) mass is 346 g/mol. The summed E-state index contributed by atoms with van der Waals surface area (Å²) in [6, 6.07) is 8.26. The van der Waals surface area contributed by atoms with E-state index in [0.717, 1.165) is 47.6 Å². The van der Waals surface area contributed by atoms with E-state index in [4.69, 9.17) is 0 Å². The van der Waals surface area contributed by atoms with E-state index in [1.807, 2.05) is 24.8 Å². The molecule has 0 saturated carbocycles. The van der Waals surface area contributed by atoms with Gasteiger partial charge < -0.3 is 0 Å². The van der Waals surface area contributed by atoms with Gasteiger partial charge in [0.1, 0.15) is 5.82 Å². The van der Waals surface area contributed by atoms with Gasteiger partial charge >= 0.3 is 0 Å².